The van der Waals surface area contributed by atoms with Crippen LogP contribution in [0.15, 0.2) is 30.6 Å². The Kier molecular flexibility index (Phi) is 5.68. The van der Waals surface area contributed by atoms with E-state index < -0.39 is 5.97 Å². The first-order chi connectivity index (χ1) is 12.6. The molecule has 26 heavy (non-hydrogen) atoms. The lowest BCUT2D eigenvalue weighted by atomic mass is 10.1. The van der Waals surface area contributed by atoms with Crippen LogP contribution in [0.5, 0.6) is 0 Å². The smallest absolute Gasteiger partial charge is 0.337 e. The first-order valence-corrected chi connectivity index (χ1v) is 8.72. The highest BCUT2D eigenvalue weighted by atomic mass is 35.5. The first-order valence-electron chi connectivity index (χ1n) is 8.34. The van der Waals surface area contributed by atoms with Crippen molar-refractivity contribution in [2.75, 3.05) is 25.5 Å². The van der Waals surface area contributed by atoms with Gasteiger partial charge in [0.05, 0.1) is 28.9 Å². The van der Waals surface area contributed by atoms with Gasteiger partial charge in [0.15, 0.2) is 0 Å². The van der Waals surface area contributed by atoms with Gasteiger partial charge in [-0.25, -0.2) is 14.8 Å². The van der Waals surface area contributed by atoms with Crippen LogP contribution in [0, 0.1) is 0 Å². The summed E-state index contributed by atoms with van der Waals surface area (Å²) in [5.74, 6) is -0.237. The normalized spacial score (nSPS) is 14.0. The van der Waals surface area contributed by atoms with Crippen molar-refractivity contribution < 1.29 is 14.3 Å². The van der Waals surface area contributed by atoms with E-state index in [4.69, 9.17) is 16.3 Å². The second kappa shape index (κ2) is 8.14. The minimum atomic E-state index is -0.465. The number of anilines is 2. The molecule has 1 aliphatic rings. The zero-order chi connectivity index (χ0) is 18.5. The van der Waals surface area contributed by atoms with Crippen molar-refractivity contribution in [2.45, 2.75) is 19.3 Å². The molecule has 0 radical (unpaired) electrons. The first kappa shape index (κ1) is 18.1. The average Bonchev–Trinajstić information content (AvgIpc) is 2.69. The largest absolute Gasteiger partial charge is 0.465 e. The number of amides is 1. The van der Waals surface area contributed by atoms with Gasteiger partial charge in [-0.05, 0) is 37.5 Å². The number of methoxy groups -OCH3 is 1. The lowest BCUT2D eigenvalue weighted by Crippen LogP contribution is -2.35. The standard InChI is InChI=1S/C18H19ClN4O3/c1-26-17(25)12-5-6-14(19)15(9-12)22-18-20-10-13(11-21-18)16(24)23-7-3-2-4-8-23/h5-6,9-11H,2-4,7-8H2,1H3,(H,20,21,22). The molecule has 1 fully saturated rings. The Bertz CT molecular complexity index is 805. The molecule has 1 amide bonds. The molecule has 1 aromatic carbocycles. The number of hydrogen-bond acceptors (Lipinski definition) is 6. The van der Waals surface area contributed by atoms with Gasteiger partial charge in [0, 0.05) is 25.5 Å². The third-order valence-corrected chi connectivity index (χ3v) is 4.51. The van der Waals surface area contributed by atoms with E-state index in [0.29, 0.717) is 21.8 Å². The van der Waals surface area contributed by atoms with Gasteiger partial charge >= 0.3 is 5.97 Å². The second-order valence-corrected chi connectivity index (χ2v) is 6.37. The van der Waals surface area contributed by atoms with Crippen LogP contribution in [-0.2, 0) is 4.74 Å². The van der Waals surface area contributed by atoms with E-state index in [1.807, 2.05) is 4.90 Å². The van der Waals surface area contributed by atoms with Crippen LogP contribution in [-0.4, -0.2) is 46.9 Å². The minimum absolute atomic E-state index is 0.0537. The van der Waals surface area contributed by atoms with E-state index in [0.717, 1.165) is 32.4 Å². The molecule has 1 saturated heterocycles. The van der Waals surface area contributed by atoms with Crippen molar-refractivity contribution in [3.05, 3.63) is 46.7 Å². The van der Waals surface area contributed by atoms with Crippen molar-refractivity contribution in [3.8, 4) is 0 Å². The molecule has 0 aliphatic carbocycles. The predicted molar refractivity (Wildman–Crippen MR) is 97.9 cm³/mol. The number of halogens is 1. The number of nitrogens with one attached hydrogen (secondary N) is 1. The summed E-state index contributed by atoms with van der Waals surface area (Å²) in [5, 5.41) is 3.36. The molecule has 0 unspecified atom stereocenters. The Morgan fingerprint density at radius 3 is 2.46 bits per heavy atom. The van der Waals surface area contributed by atoms with Crippen molar-refractivity contribution in [2.24, 2.45) is 0 Å². The molecule has 3 rings (SSSR count). The number of benzene rings is 1. The molecule has 2 heterocycles. The monoisotopic (exact) mass is 374 g/mol. The van der Waals surface area contributed by atoms with Crippen LogP contribution < -0.4 is 5.32 Å². The summed E-state index contributed by atoms with van der Waals surface area (Å²) in [6, 6.07) is 4.72. The summed E-state index contributed by atoms with van der Waals surface area (Å²) in [5.41, 5.74) is 1.29. The van der Waals surface area contributed by atoms with Crippen LogP contribution >= 0.6 is 11.6 Å². The molecule has 1 aliphatic heterocycles. The maximum absolute atomic E-state index is 12.4. The van der Waals surface area contributed by atoms with E-state index >= 15 is 0 Å². The number of likely N-dealkylation sites (tertiary alicyclic amines) is 1. The zero-order valence-corrected chi connectivity index (χ0v) is 15.1. The Balaban J connectivity index is 1.73. The number of hydrogen-bond donors (Lipinski definition) is 1. The number of carbonyl (C=O) groups excluding carboxylic acids is 2. The van der Waals surface area contributed by atoms with Crippen molar-refractivity contribution in [1.29, 1.82) is 0 Å². The fourth-order valence-corrected chi connectivity index (χ4v) is 2.93. The maximum Gasteiger partial charge on any atom is 0.337 e. The van der Waals surface area contributed by atoms with E-state index in [1.54, 1.807) is 18.2 Å². The van der Waals surface area contributed by atoms with Crippen LogP contribution in [0.2, 0.25) is 5.02 Å². The molecule has 136 valence electrons. The quantitative estimate of drug-likeness (QED) is 0.826. The van der Waals surface area contributed by atoms with Crippen LogP contribution in [0.3, 0.4) is 0 Å². The van der Waals surface area contributed by atoms with Gasteiger partial charge in [0.2, 0.25) is 5.95 Å². The van der Waals surface area contributed by atoms with Crippen molar-refractivity contribution in [3.63, 3.8) is 0 Å². The van der Waals surface area contributed by atoms with E-state index in [9.17, 15) is 9.59 Å². The highest BCUT2D eigenvalue weighted by Gasteiger charge is 2.19. The molecule has 1 aromatic heterocycles. The molecule has 0 atom stereocenters. The molecule has 0 bridgehead atoms. The number of aromatic nitrogens is 2. The van der Waals surface area contributed by atoms with Crippen molar-refractivity contribution in [1.82, 2.24) is 14.9 Å². The average molecular weight is 375 g/mol. The lowest BCUT2D eigenvalue weighted by molar-refractivity contribution is 0.0600. The summed E-state index contributed by atoms with van der Waals surface area (Å²) >= 11 is 6.15. The van der Waals surface area contributed by atoms with Gasteiger partial charge in [-0.1, -0.05) is 11.6 Å². The molecule has 8 heteroatoms. The summed E-state index contributed by atoms with van der Waals surface area (Å²) in [6.45, 7) is 1.55. The van der Waals surface area contributed by atoms with Crippen LogP contribution in [0.4, 0.5) is 11.6 Å². The Morgan fingerprint density at radius 2 is 1.81 bits per heavy atom. The molecular weight excluding hydrogens is 356 g/mol. The number of piperidine rings is 1. The van der Waals surface area contributed by atoms with Gasteiger partial charge in [0.25, 0.3) is 5.91 Å². The third-order valence-electron chi connectivity index (χ3n) is 4.18. The zero-order valence-electron chi connectivity index (χ0n) is 14.4. The lowest BCUT2D eigenvalue weighted by Gasteiger charge is -2.26. The summed E-state index contributed by atoms with van der Waals surface area (Å²) in [4.78, 5) is 34.2. The third kappa shape index (κ3) is 4.11. The van der Waals surface area contributed by atoms with Gasteiger partial charge in [-0.3, -0.25) is 4.79 Å². The summed E-state index contributed by atoms with van der Waals surface area (Å²) in [6.07, 6.45) is 6.20. The predicted octanol–water partition coefficient (Wildman–Crippen LogP) is 3.29. The Hall–Kier alpha value is -2.67. The van der Waals surface area contributed by atoms with Crippen molar-refractivity contribution >= 4 is 35.1 Å². The fraction of sp³-hybridized carbons (Fsp3) is 0.333. The molecule has 0 saturated carbocycles. The van der Waals surface area contributed by atoms with E-state index in [-0.39, 0.29) is 11.9 Å². The highest BCUT2D eigenvalue weighted by Crippen LogP contribution is 2.25. The van der Waals surface area contributed by atoms with Gasteiger partial charge in [-0.15, -0.1) is 0 Å². The number of carbonyl (C=O) groups is 2. The molecule has 0 spiro atoms. The Morgan fingerprint density at radius 1 is 1.12 bits per heavy atom. The molecule has 1 N–H and O–H groups in total. The van der Waals surface area contributed by atoms with E-state index in [1.165, 1.54) is 19.5 Å². The number of esters is 1. The molecular formula is C18H19ClN4O3. The van der Waals surface area contributed by atoms with Crippen LogP contribution in [0.25, 0.3) is 0 Å². The topological polar surface area (TPSA) is 84.4 Å². The van der Waals surface area contributed by atoms with Gasteiger partial charge in [-0.2, -0.15) is 0 Å². The number of ether oxygens (including phenoxy) is 1. The summed E-state index contributed by atoms with van der Waals surface area (Å²) < 4.78 is 4.70. The van der Waals surface area contributed by atoms with Gasteiger partial charge < -0.3 is 15.0 Å². The fourth-order valence-electron chi connectivity index (χ4n) is 2.77. The Labute approximate surface area is 156 Å². The number of nitrogens with zero attached hydrogens (tertiary/aromatic N) is 3. The van der Waals surface area contributed by atoms with Crippen LogP contribution in [0.1, 0.15) is 40.0 Å². The minimum Gasteiger partial charge on any atom is -0.465 e. The van der Waals surface area contributed by atoms with E-state index in [2.05, 4.69) is 15.3 Å². The van der Waals surface area contributed by atoms with Gasteiger partial charge in [0.1, 0.15) is 0 Å². The number of rotatable bonds is 4. The molecule has 7 nitrogen and oxygen atoms in total. The SMILES string of the molecule is COC(=O)c1ccc(Cl)c(Nc2ncc(C(=O)N3CCCCC3)cn2)c1. The maximum atomic E-state index is 12.4. The summed E-state index contributed by atoms with van der Waals surface area (Å²) in [7, 11) is 1.31. The second-order valence-electron chi connectivity index (χ2n) is 5.96. The molecule has 2 aromatic rings. The highest BCUT2D eigenvalue weighted by molar-refractivity contribution is 6.33.